The fourth-order valence-electron chi connectivity index (χ4n) is 1.25. The first-order valence-corrected chi connectivity index (χ1v) is 4.98. The zero-order valence-electron chi connectivity index (χ0n) is 9.01. The first kappa shape index (κ1) is 11.2. The molecule has 2 atom stereocenters. The zero-order valence-corrected chi connectivity index (χ0v) is 9.01. The maximum absolute atomic E-state index is 9.85. The highest BCUT2D eigenvalue weighted by Gasteiger charge is 2.16. The topological polar surface area (TPSA) is 64.1 Å². The number of nitrogens with zero attached hydrogens (tertiary/aromatic N) is 2. The lowest BCUT2D eigenvalue weighted by atomic mass is 10.0. The molecular formula is C10H19N3O. The molecule has 0 aliphatic carbocycles. The fraction of sp³-hybridized carbons (Fsp3) is 0.700. The minimum absolute atomic E-state index is 0.0693. The molecule has 0 fully saturated rings. The van der Waals surface area contributed by atoms with Gasteiger partial charge in [-0.25, -0.2) is 0 Å². The Labute approximate surface area is 84.7 Å². The van der Waals surface area contributed by atoms with Gasteiger partial charge in [0.1, 0.15) is 0 Å². The number of rotatable bonds is 4. The van der Waals surface area contributed by atoms with E-state index in [-0.39, 0.29) is 5.92 Å². The summed E-state index contributed by atoms with van der Waals surface area (Å²) in [7, 11) is 0. The molecule has 0 aromatic carbocycles. The molecule has 1 rings (SSSR count). The Balaban J connectivity index is 2.76. The average molecular weight is 197 g/mol. The second-order valence-corrected chi connectivity index (χ2v) is 4.01. The van der Waals surface area contributed by atoms with Crippen molar-refractivity contribution < 1.29 is 5.11 Å². The van der Waals surface area contributed by atoms with Gasteiger partial charge in [-0.2, -0.15) is 5.10 Å². The highest BCUT2D eigenvalue weighted by atomic mass is 16.3. The molecule has 0 saturated carbocycles. The number of hydrogen-bond acceptors (Lipinski definition) is 3. The highest BCUT2D eigenvalue weighted by molar-refractivity contribution is 5.09. The van der Waals surface area contributed by atoms with Gasteiger partial charge in [0, 0.05) is 17.8 Å². The minimum atomic E-state index is -0.507. The fourth-order valence-corrected chi connectivity index (χ4v) is 1.25. The standard InChI is InChI=1S/C10H19N3O/c1-7(2)13-6-9(5-12-13)10(14)8(3)4-11/h5-8,10,14H,4,11H2,1-3H3. The molecule has 0 saturated heterocycles. The molecule has 3 N–H and O–H groups in total. The molecule has 80 valence electrons. The smallest absolute Gasteiger partial charge is 0.0858 e. The van der Waals surface area contributed by atoms with Crippen molar-refractivity contribution in [3.8, 4) is 0 Å². The third-order valence-corrected chi connectivity index (χ3v) is 2.40. The summed E-state index contributed by atoms with van der Waals surface area (Å²) in [5, 5.41) is 14.0. The Morgan fingerprint density at radius 3 is 2.57 bits per heavy atom. The van der Waals surface area contributed by atoms with Gasteiger partial charge in [0.25, 0.3) is 0 Å². The van der Waals surface area contributed by atoms with E-state index in [4.69, 9.17) is 5.73 Å². The van der Waals surface area contributed by atoms with E-state index in [1.165, 1.54) is 0 Å². The van der Waals surface area contributed by atoms with Crippen molar-refractivity contribution in [2.24, 2.45) is 11.7 Å². The van der Waals surface area contributed by atoms with Gasteiger partial charge in [0.15, 0.2) is 0 Å². The van der Waals surface area contributed by atoms with Crippen LogP contribution < -0.4 is 5.73 Å². The van der Waals surface area contributed by atoms with Crippen LogP contribution in [0.4, 0.5) is 0 Å². The summed E-state index contributed by atoms with van der Waals surface area (Å²) in [6.45, 7) is 6.51. The third-order valence-electron chi connectivity index (χ3n) is 2.40. The predicted molar refractivity (Wildman–Crippen MR) is 55.8 cm³/mol. The molecule has 0 spiro atoms. The largest absolute Gasteiger partial charge is 0.388 e. The Morgan fingerprint density at radius 2 is 2.14 bits per heavy atom. The zero-order chi connectivity index (χ0) is 10.7. The SMILES string of the molecule is CC(CN)C(O)c1cnn(C(C)C)c1. The predicted octanol–water partition coefficient (Wildman–Crippen LogP) is 1.09. The van der Waals surface area contributed by atoms with Crippen LogP contribution in [-0.4, -0.2) is 21.4 Å². The van der Waals surface area contributed by atoms with Crippen LogP contribution in [0.5, 0.6) is 0 Å². The lowest BCUT2D eigenvalue weighted by Crippen LogP contribution is -2.18. The summed E-state index contributed by atoms with van der Waals surface area (Å²) < 4.78 is 1.84. The molecule has 1 aromatic rings. The molecule has 2 unspecified atom stereocenters. The Kier molecular flexibility index (Phi) is 3.66. The van der Waals surface area contributed by atoms with Gasteiger partial charge in [0.05, 0.1) is 12.3 Å². The van der Waals surface area contributed by atoms with E-state index in [0.29, 0.717) is 12.6 Å². The van der Waals surface area contributed by atoms with Gasteiger partial charge < -0.3 is 10.8 Å². The lowest BCUT2D eigenvalue weighted by molar-refractivity contribution is 0.121. The molecule has 0 aliphatic rings. The molecule has 1 aromatic heterocycles. The van der Waals surface area contributed by atoms with E-state index in [1.54, 1.807) is 6.20 Å². The van der Waals surface area contributed by atoms with Crippen molar-refractivity contribution in [1.82, 2.24) is 9.78 Å². The van der Waals surface area contributed by atoms with Gasteiger partial charge >= 0.3 is 0 Å². The van der Waals surface area contributed by atoms with Crippen LogP contribution in [0.3, 0.4) is 0 Å². The average Bonchev–Trinajstić information content (AvgIpc) is 2.64. The number of hydrogen-bond donors (Lipinski definition) is 2. The minimum Gasteiger partial charge on any atom is -0.388 e. The van der Waals surface area contributed by atoms with Crippen LogP contribution in [0.2, 0.25) is 0 Å². The van der Waals surface area contributed by atoms with Crippen LogP contribution in [0.25, 0.3) is 0 Å². The lowest BCUT2D eigenvalue weighted by Gasteiger charge is -2.14. The Morgan fingerprint density at radius 1 is 1.50 bits per heavy atom. The number of aliphatic hydroxyl groups is 1. The summed E-state index contributed by atoms with van der Waals surface area (Å²) >= 11 is 0. The monoisotopic (exact) mass is 197 g/mol. The second kappa shape index (κ2) is 4.57. The molecule has 1 heterocycles. The van der Waals surface area contributed by atoms with Gasteiger partial charge in [0.2, 0.25) is 0 Å². The van der Waals surface area contributed by atoms with Crippen molar-refractivity contribution in [3.05, 3.63) is 18.0 Å². The maximum atomic E-state index is 9.85. The molecule has 0 radical (unpaired) electrons. The first-order chi connectivity index (χ1) is 6.56. The van der Waals surface area contributed by atoms with Crippen molar-refractivity contribution >= 4 is 0 Å². The molecular weight excluding hydrogens is 178 g/mol. The Hall–Kier alpha value is -0.870. The summed E-state index contributed by atoms with van der Waals surface area (Å²) in [5.74, 6) is 0.0693. The molecule has 0 aliphatic heterocycles. The van der Waals surface area contributed by atoms with E-state index >= 15 is 0 Å². The van der Waals surface area contributed by atoms with Crippen molar-refractivity contribution in [3.63, 3.8) is 0 Å². The van der Waals surface area contributed by atoms with E-state index in [0.717, 1.165) is 5.56 Å². The highest BCUT2D eigenvalue weighted by Crippen LogP contribution is 2.21. The molecule has 4 heteroatoms. The maximum Gasteiger partial charge on any atom is 0.0858 e. The molecule has 4 nitrogen and oxygen atoms in total. The number of nitrogens with two attached hydrogens (primary N) is 1. The van der Waals surface area contributed by atoms with E-state index < -0.39 is 6.10 Å². The Bertz CT molecular complexity index is 283. The molecule has 14 heavy (non-hydrogen) atoms. The van der Waals surface area contributed by atoms with E-state index in [2.05, 4.69) is 18.9 Å². The molecule has 0 bridgehead atoms. The van der Waals surface area contributed by atoms with Gasteiger partial charge in [-0.3, -0.25) is 4.68 Å². The van der Waals surface area contributed by atoms with Crippen molar-refractivity contribution in [2.75, 3.05) is 6.54 Å². The quantitative estimate of drug-likeness (QED) is 0.759. The van der Waals surface area contributed by atoms with Crippen LogP contribution in [-0.2, 0) is 0 Å². The van der Waals surface area contributed by atoms with E-state index in [1.807, 2.05) is 17.8 Å². The van der Waals surface area contributed by atoms with Crippen LogP contribution in [0.15, 0.2) is 12.4 Å². The van der Waals surface area contributed by atoms with Gasteiger partial charge in [-0.05, 0) is 26.3 Å². The van der Waals surface area contributed by atoms with Crippen molar-refractivity contribution in [1.29, 1.82) is 0 Å². The van der Waals surface area contributed by atoms with Crippen LogP contribution >= 0.6 is 0 Å². The van der Waals surface area contributed by atoms with E-state index in [9.17, 15) is 5.11 Å². The number of aliphatic hydroxyl groups excluding tert-OH is 1. The normalized spacial score (nSPS) is 15.9. The van der Waals surface area contributed by atoms with Gasteiger partial charge in [-0.15, -0.1) is 0 Å². The summed E-state index contributed by atoms with van der Waals surface area (Å²) in [5.41, 5.74) is 6.33. The second-order valence-electron chi connectivity index (χ2n) is 4.01. The molecule has 0 amide bonds. The third kappa shape index (κ3) is 2.33. The van der Waals surface area contributed by atoms with Gasteiger partial charge in [-0.1, -0.05) is 6.92 Å². The number of aromatic nitrogens is 2. The summed E-state index contributed by atoms with van der Waals surface area (Å²) in [4.78, 5) is 0. The van der Waals surface area contributed by atoms with Crippen LogP contribution in [0.1, 0.15) is 38.5 Å². The summed E-state index contributed by atoms with van der Waals surface area (Å²) in [6.07, 6.45) is 3.07. The van der Waals surface area contributed by atoms with Crippen molar-refractivity contribution in [2.45, 2.75) is 32.9 Å². The first-order valence-electron chi connectivity index (χ1n) is 4.98. The van der Waals surface area contributed by atoms with Crippen LogP contribution in [0, 0.1) is 5.92 Å². The summed E-state index contributed by atoms with van der Waals surface area (Å²) in [6, 6.07) is 0.323.